The highest BCUT2D eigenvalue weighted by atomic mass is 32.1. The number of amides is 2. The van der Waals surface area contributed by atoms with Crippen LogP contribution in [-0.4, -0.2) is 35.3 Å². The van der Waals surface area contributed by atoms with Gasteiger partial charge in [-0.25, -0.2) is 4.98 Å². The Kier molecular flexibility index (Phi) is 5.48. The molecule has 3 rings (SSSR count). The van der Waals surface area contributed by atoms with E-state index in [4.69, 9.17) is 4.42 Å². The van der Waals surface area contributed by atoms with Crippen molar-refractivity contribution in [2.75, 3.05) is 13.6 Å². The highest BCUT2D eigenvalue weighted by Gasteiger charge is 2.21. The van der Waals surface area contributed by atoms with Gasteiger partial charge in [0, 0.05) is 12.6 Å². The number of furan rings is 1. The van der Waals surface area contributed by atoms with Crippen molar-refractivity contribution in [2.45, 2.75) is 13.5 Å². The summed E-state index contributed by atoms with van der Waals surface area (Å²) >= 11 is 1.34. The topological polar surface area (TPSA) is 75.4 Å². The molecule has 2 aromatic heterocycles. The third kappa shape index (κ3) is 4.18. The van der Waals surface area contributed by atoms with Crippen LogP contribution in [0.25, 0.3) is 10.6 Å². The van der Waals surface area contributed by atoms with Crippen molar-refractivity contribution >= 4 is 23.2 Å². The number of hydrogen-bond acceptors (Lipinski definition) is 5. The molecule has 1 aromatic carbocycles. The van der Waals surface area contributed by atoms with E-state index in [0.717, 1.165) is 10.6 Å². The zero-order chi connectivity index (χ0) is 18.5. The van der Waals surface area contributed by atoms with Crippen LogP contribution >= 0.6 is 11.3 Å². The number of hydrogen-bond donors (Lipinski definition) is 1. The van der Waals surface area contributed by atoms with Crippen molar-refractivity contribution in [1.29, 1.82) is 0 Å². The average Bonchev–Trinajstić information content (AvgIpc) is 3.29. The van der Waals surface area contributed by atoms with Crippen LogP contribution in [0, 0.1) is 6.92 Å². The van der Waals surface area contributed by atoms with E-state index in [9.17, 15) is 9.59 Å². The monoisotopic (exact) mass is 369 g/mol. The maximum absolute atomic E-state index is 12.7. The molecule has 0 fully saturated rings. The Hall–Kier alpha value is -2.93. The van der Waals surface area contributed by atoms with Gasteiger partial charge in [0.1, 0.15) is 15.6 Å². The minimum Gasteiger partial charge on any atom is -0.467 e. The van der Waals surface area contributed by atoms with Crippen LogP contribution in [-0.2, 0) is 11.3 Å². The number of carbonyl (C=O) groups is 2. The van der Waals surface area contributed by atoms with Gasteiger partial charge in [0.25, 0.3) is 5.91 Å². The van der Waals surface area contributed by atoms with E-state index in [0.29, 0.717) is 22.9 Å². The van der Waals surface area contributed by atoms with E-state index in [1.165, 1.54) is 16.2 Å². The predicted molar refractivity (Wildman–Crippen MR) is 99.8 cm³/mol. The summed E-state index contributed by atoms with van der Waals surface area (Å²) in [5.41, 5.74) is 1.64. The molecule has 0 unspecified atom stereocenters. The molecule has 0 aliphatic heterocycles. The van der Waals surface area contributed by atoms with Crippen molar-refractivity contribution in [3.05, 3.63) is 65.1 Å². The van der Waals surface area contributed by atoms with Crippen molar-refractivity contribution in [1.82, 2.24) is 15.2 Å². The largest absolute Gasteiger partial charge is 0.467 e. The molecule has 7 heteroatoms. The number of aromatic nitrogens is 1. The quantitative estimate of drug-likeness (QED) is 0.724. The molecule has 2 amide bonds. The smallest absolute Gasteiger partial charge is 0.266 e. The molecular formula is C19H19N3O3S. The van der Waals surface area contributed by atoms with E-state index in [2.05, 4.69) is 10.3 Å². The maximum Gasteiger partial charge on any atom is 0.266 e. The molecular weight excluding hydrogens is 350 g/mol. The first-order valence-electron chi connectivity index (χ1n) is 8.12. The Balaban J connectivity index is 1.63. The lowest BCUT2D eigenvalue weighted by Crippen LogP contribution is -2.38. The Morgan fingerprint density at radius 3 is 2.65 bits per heavy atom. The first kappa shape index (κ1) is 17.9. The Labute approximate surface area is 155 Å². The lowest BCUT2D eigenvalue weighted by molar-refractivity contribution is -0.121. The number of aryl methyl sites for hydroxylation is 1. The molecule has 0 spiro atoms. The van der Waals surface area contributed by atoms with E-state index in [1.54, 1.807) is 32.4 Å². The zero-order valence-corrected chi connectivity index (χ0v) is 15.4. The number of thiazole rings is 1. The van der Waals surface area contributed by atoms with E-state index < -0.39 is 0 Å². The molecule has 0 atom stereocenters. The van der Waals surface area contributed by atoms with Gasteiger partial charge in [0.2, 0.25) is 5.91 Å². The fraction of sp³-hybridized carbons (Fsp3) is 0.211. The minimum absolute atomic E-state index is 0.0302. The van der Waals surface area contributed by atoms with Gasteiger partial charge in [0.05, 0.1) is 25.0 Å². The van der Waals surface area contributed by atoms with Crippen LogP contribution in [0.1, 0.15) is 21.1 Å². The third-order valence-electron chi connectivity index (χ3n) is 3.78. The minimum atomic E-state index is -0.247. The van der Waals surface area contributed by atoms with Gasteiger partial charge >= 0.3 is 0 Å². The summed E-state index contributed by atoms with van der Waals surface area (Å²) in [6.45, 7) is 2.07. The maximum atomic E-state index is 12.7. The molecule has 0 saturated heterocycles. The lowest BCUT2D eigenvalue weighted by atomic mass is 10.2. The van der Waals surface area contributed by atoms with Crippen molar-refractivity contribution < 1.29 is 14.0 Å². The van der Waals surface area contributed by atoms with Crippen LogP contribution in [0.2, 0.25) is 0 Å². The first-order valence-corrected chi connectivity index (χ1v) is 8.93. The van der Waals surface area contributed by atoms with Crippen LogP contribution in [0.15, 0.2) is 53.1 Å². The van der Waals surface area contributed by atoms with Gasteiger partial charge in [-0.3, -0.25) is 9.59 Å². The molecule has 0 aliphatic rings. The van der Waals surface area contributed by atoms with Crippen LogP contribution in [0.5, 0.6) is 0 Å². The van der Waals surface area contributed by atoms with E-state index in [-0.39, 0.29) is 18.4 Å². The normalized spacial score (nSPS) is 10.5. The SMILES string of the molecule is Cc1nc(-c2ccccc2)sc1C(=O)N(C)CC(=O)NCc1ccco1. The predicted octanol–water partition coefficient (Wildman–Crippen LogP) is 3.10. The fourth-order valence-corrected chi connectivity index (χ4v) is 3.48. The van der Waals surface area contributed by atoms with Gasteiger partial charge in [-0.1, -0.05) is 30.3 Å². The van der Waals surface area contributed by atoms with Crippen molar-refractivity contribution in [2.24, 2.45) is 0 Å². The molecule has 3 aromatic rings. The average molecular weight is 369 g/mol. The summed E-state index contributed by atoms with van der Waals surface area (Å²) in [7, 11) is 1.61. The second kappa shape index (κ2) is 7.97. The molecule has 0 bridgehead atoms. The van der Waals surface area contributed by atoms with Crippen LogP contribution < -0.4 is 5.32 Å². The Morgan fingerprint density at radius 2 is 1.96 bits per heavy atom. The van der Waals surface area contributed by atoms with Gasteiger partial charge in [-0.2, -0.15) is 0 Å². The third-order valence-corrected chi connectivity index (χ3v) is 4.97. The van der Waals surface area contributed by atoms with E-state index in [1.807, 2.05) is 30.3 Å². The molecule has 6 nitrogen and oxygen atoms in total. The molecule has 2 heterocycles. The molecule has 1 N–H and O–H groups in total. The van der Waals surface area contributed by atoms with Crippen molar-refractivity contribution in [3.8, 4) is 10.6 Å². The van der Waals surface area contributed by atoms with Crippen LogP contribution in [0.3, 0.4) is 0 Å². The first-order chi connectivity index (χ1) is 12.5. The second-order valence-electron chi connectivity index (χ2n) is 5.82. The van der Waals surface area contributed by atoms with Gasteiger partial charge in [-0.05, 0) is 19.1 Å². The molecule has 26 heavy (non-hydrogen) atoms. The highest BCUT2D eigenvalue weighted by Crippen LogP contribution is 2.28. The highest BCUT2D eigenvalue weighted by molar-refractivity contribution is 7.17. The summed E-state index contributed by atoms with van der Waals surface area (Å²) in [5, 5.41) is 3.52. The summed E-state index contributed by atoms with van der Waals surface area (Å²) in [4.78, 5) is 31.1. The van der Waals surface area contributed by atoms with Crippen LogP contribution in [0.4, 0.5) is 0 Å². The van der Waals surface area contributed by atoms with Gasteiger partial charge in [0.15, 0.2) is 0 Å². The Morgan fingerprint density at radius 1 is 1.19 bits per heavy atom. The molecule has 134 valence electrons. The number of carbonyl (C=O) groups excluding carboxylic acids is 2. The fourth-order valence-electron chi connectivity index (χ4n) is 2.41. The molecule has 0 aliphatic carbocycles. The number of nitrogens with one attached hydrogen (secondary N) is 1. The number of likely N-dealkylation sites (N-methyl/N-ethyl adjacent to an activating group) is 1. The summed E-state index contributed by atoms with van der Waals surface area (Å²) in [6.07, 6.45) is 1.55. The van der Waals surface area contributed by atoms with Gasteiger partial charge in [-0.15, -0.1) is 11.3 Å². The van der Waals surface area contributed by atoms with Crippen molar-refractivity contribution in [3.63, 3.8) is 0 Å². The standard InChI is InChI=1S/C19H19N3O3S/c1-13-17(26-18(21-13)14-7-4-3-5-8-14)19(24)22(2)12-16(23)20-11-15-9-6-10-25-15/h3-10H,11-12H2,1-2H3,(H,20,23). The number of benzene rings is 1. The second-order valence-corrected chi connectivity index (χ2v) is 6.82. The Bertz CT molecular complexity index is 888. The zero-order valence-electron chi connectivity index (χ0n) is 14.6. The number of nitrogens with zero attached hydrogens (tertiary/aromatic N) is 2. The number of rotatable bonds is 6. The van der Waals surface area contributed by atoms with Gasteiger partial charge < -0.3 is 14.6 Å². The summed E-state index contributed by atoms with van der Waals surface area (Å²) in [6, 6.07) is 13.3. The molecule has 0 radical (unpaired) electrons. The lowest BCUT2D eigenvalue weighted by Gasteiger charge is -2.15. The molecule has 0 saturated carbocycles. The summed E-state index contributed by atoms with van der Waals surface area (Å²) in [5.74, 6) is 0.205. The summed E-state index contributed by atoms with van der Waals surface area (Å²) < 4.78 is 5.16. The van der Waals surface area contributed by atoms with E-state index >= 15 is 0 Å².